The molecule has 6 nitrogen and oxygen atoms in total. The van der Waals surface area contributed by atoms with Crippen molar-refractivity contribution in [2.45, 2.75) is 25.8 Å². The summed E-state index contributed by atoms with van der Waals surface area (Å²) >= 11 is 0. The van der Waals surface area contributed by atoms with Crippen molar-refractivity contribution in [2.75, 3.05) is 18.9 Å². The number of carbonyl (C=O) groups excluding carboxylic acids is 1. The van der Waals surface area contributed by atoms with Crippen molar-refractivity contribution in [1.29, 1.82) is 0 Å². The number of aryl methyl sites for hydroxylation is 1. The highest BCUT2D eigenvalue weighted by Crippen LogP contribution is 2.33. The van der Waals surface area contributed by atoms with Gasteiger partial charge in [0.2, 0.25) is 0 Å². The van der Waals surface area contributed by atoms with Gasteiger partial charge in [-0.25, -0.2) is 14.4 Å². The van der Waals surface area contributed by atoms with Crippen LogP contribution in [-0.2, 0) is 0 Å². The van der Waals surface area contributed by atoms with Gasteiger partial charge in [-0.15, -0.1) is 0 Å². The van der Waals surface area contributed by atoms with Gasteiger partial charge in [0.15, 0.2) is 0 Å². The summed E-state index contributed by atoms with van der Waals surface area (Å²) in [6.07, 6.45) is 1.78. The Bertz CT molecular complexity index is 983. The number of anilines is 1. The molecule has 2 N–H and O–H groups in total. The zero-order chi connectivity index (χ0) is 18.3. The molecule has 1 atom stereocenters. The second-order valence-corrected chi connectivity index (χ2v) is 6.55. The van der Waals surface area contributed by atoms with Gasteiger partial charge >= 0.3 is 0 Å². The first kappa shape index (κ1) is 16.5. The first-order chi connectivity index (χ1) is 12.5. The number of likely N-dealkylation sites (tertiary alicyclic amines) is 1. The molecule has 7 heteroatoms. The largest absolute Gasteiger partial charge is 0.373 e. The first-order valence-corrected chi connectivity index (χ1v) is 8.68. The second kappa shape index (κ2) is 6.40. The zero-order valence-corrected chi connectivity index (χ0v) is 14.7. The number of rotatable bonds is 3. The average molecular weight is 353 g/mol. The van der Waals surface area contributed by atoms with Gasteiger partial charge in [-0.2, -0.15) is 0 Å². The summed E-state index contributed by atoms with van der Waals surface area (Å²) in [6.45, 7) is 2.52. The van der Waals surface area contributed by atoms with Crippen molar-refractivity contribution in [3.05, 3.63) is 53.4 Å². The van der Waals surface area contributed by atoms with E-state index < -0.39 is 0 Å². The molecule has 0 spiro atoms. The number of carbonyl (C=O) groups is 1. The number of halogens is 1. The second-order valence-electron chi connectivity index (χ2n) is 6.55. The number of H-pyrrole nitrogens is 1. The van der Waals surface area contributed by atoms with Crippen LogP contribution in [0.1, 0.15) is 40.9 Å². The van der Waals surface area contributed by atoms with Crippen LogP contribution in [-0.4, -0.2) is 39.4 Å². The molecule has 1 amide bonds. The number of nitrogens with one attached hydrogen (secondary N) is 2. The highest BCUT2D eigenvalue weighted by molar-refractivity contribution is 5.98. The molecule has 1 aliphatic rings. The lowest BCUT2D eigenvalue weighted by Gasteiger charge is -2.24. The van der Waals surface area contributed by atoms with Crippen molar-refractivity contribution in [3.63, 3.8) is 0 Å². The summed E-state index contributed by atoms with van der Waals surface area (Å²) in [5, 5.41) is 3.73. The van der Waals surface area contributed by atoms with Crippen molar-refractivity contribution in [1.82, 2.24) is 19.9 Å². The van der Waals surface area contributed by atoms with Gasteiger partial charge in [0.25, 0.3) is 5.91 Å². The molecule has 3 aromatic rings. The highest BCUT2D eigenvalue weighted by atomic mass is 19.1. The first-order valence-electron chi connectivity index (χ1n) is 8.68. The third kappa shape index (κ3) is 2.89. The van der Waals surface area contributed by atoms with E-state index >= 15 is 0 Å². The Labute approximate surface area is 150 Å². The molecule has 0 aliphatic carbocycles. The molecule has 1 aliphatic heterocycles. The summed E-state index contributed by atoms with van der Waals surface area (Å²) < 4.78 is 13.4. The average Bonchev–Trinajstić information content (AvgIpc) is 3.27. The number of amides is 1. The number of aromatic nitrogens is 3. The van der Waals surface area contributed by atoms with Crippen molar-refractivity contribution in [3.8, 4) is 0 Å². The van der Waals surface area contributed by atoms with E-state index in [0.717, 1.165) is 29.9 Å². The van der Waals surface area contributed by atoms with Gasteiger partial charge in [0.05, 0.1) is 11.7 Å². The molecule has 1 aromatic carbocycles. The quantitative estimate of drug-likeness (QED) is 0.757. The van der Waals surface area contributed by atoms with Crippen LogP contribution in [0.5, 0.6) is 0 Å². The van der Waals surface area contributed by atoms with Crippen LogP contribution in [0, 0.1) is 12.7 Å². The van der Waals surface area contributed by atoms with Gasteiger partial charge in [-0.1, -0.05) is 0 Å². The van der Waals surface area contributed by atoms with Crippen LogP contribution >= 0.6 is 0 Å². The molecule has 0 saturated carbocycles. The minimum absolute atomic E-state index is 0.0838. The number of hydrogen-bond acceptors (Lipinski definition) is 4. The van der Waals surface area contributed by atoms with Crippen LogP contribution in [0.4, 0.5) is 10.2 Å². The highest BCUT2D eigenvalue weighted by Gasteiger charge is 2.32. The number of nitrogens with zero attached hydrogens (tertiary/aromatic N) is 3. The van der Waals surface area contributed by atoms with Crippen LogP contribution in [0.3, 0.4) is 0 Å². The fourth-order valence-corrected chi connectivity index (χ4v) is 3.58. The van der Waals surface area contributed by atoms with E-state index in [1.807, 2.05) is 24.9 Å². The summed E-state index contributed by atoms with van der Waals surface area (Å²) in [5.74, 6) is 1.01. The number of benzene rings is 1. The molecule has 134 valence electrons. The zero-order valence-electron chi connectivity index (χ0n) is 14.7. The van der Waals surface area contributed by atoms with Crippen LogP contribution in [0.25, 0.3) is 10.9 Å². The fourth-order valence-electron chi connectivity index (χ4n) is 3.58. The van der Waals surface area contributed by atoms with Gasteiger partial charge in [-0.3, -0.25) is 4.79 Å². The lowest BCUT2D eigenvalue weighted by molar-refractivity contribution is 0.0727. The molecule has 26 heavy (non-hydrogen) atoms. The van der Waals surface area contributed by atoms with Crippen LogP contribution in [0.15, 0.2) is 30.3 Å². The molecular formula is C19H20FN5O. The smallest absolute Gasteiger partial charge is 0.270 e. The van der Waals surface area contributed by atoms with Gasteiger partial charge in [0, 0.05) is 30.6 Å². The van der Waals surface area contributed by atoms with E-state index in [2.05, 4.69) is 20.3 Å². The van der Waals surface area contributed by atoms with E-state index in [1.165, 1.54) is 12.1 Å². The number of hydrogen-bond donors (Lipinski definition) is 2. The van der Waals surface area contributed by atoms with E-state index in [9.17, 15) is 9.18 Å². The maximum Gasteiger partial charge on any atom is 0.270 e. The minimum atomic E-state index is -0.314. The maximum atomic E-state index is 13.4. The lowest BCUT2D eigenvalue weighted by atomic mass is 10.1. The topological polar surface area (TPSA) is 73.9 Å². The Morgan fingerprint density at radius 3 is 2.96 bits per heavy atom. The molecule has 0 unspecified atom stereocenters. The molecule has 1 saturated heterocycles. The van der Waals surface area contributed by atoms with Crippen LogP contribution < -0.4 is 5.32 Å². The number of aromatic amines is 1. The molecule has 1 fully saturated rings. The van der Waals surface area contributed by atoms with E-state index in [0.29, 0.717) is 23.4 Å². The minimum Gasteiger partial charge on any atom is -0.373 e. The van der Waals surface area contributed by atoms with Crippen molar-refractivity contribution in [2.24, 2.45) is 0 Å². The number of fused-ring (bicyclic) bond motifs is 1. The van der Waals surface area contributed by atoms with Gasteiger partial charge in [0.1, 0.15) is 23.2 Å². The summed E-state index contributed by atoms with van der Waals surface area (Å²) in [6, 6.07) is 7.98. The molecule has 3 heterocycles. The maximum absolute atomic E-state index is 13.4. The summed E-state index contributed by atoms with van der Waals surface area (Å²) in [7, 11) is 1.81. The third-order valence-corrected chi connectivity index (χ3v) is 4.78. The monoisotopic (exact) mass is 353 g/mol. The third-order valence-electron chi connectivity index (χ3n) is 4.78. The normalized spacial score (nSPS) is 17.0. The van der Waals surface area contributed by atoms with E-state index in [-0.39, 0.29) is 17.8 Å². The molecule has 0 radical (unpaired) electrons. The predicted octanol–water partition coefficient (Wildman–Crippen LogP) is 3.42. The van der Waals surface area contributed by atoms with E-state index in [4.69, 9.17) is 0 Å². The van der Waals surface area contributed by atoms with Crippen molar-refractivity contribution < 1.29 is 9.18 Å². The van der Waals surface area contributed by atoms with Gasteiger partial charge < -0.3 is 15.2 Å². The summed E-state index contributed by atoms with van der Waals surface area (Å²) in [4.78, 5) is 26.9. The Morgan fingerprint density at radius 2 is 2.15 bits per heavy atom. The fraction of sp³-hybridized carbons (Fsp3) is 0.316. The molecular weight excluding hydrogens is 333 g/mol. The Morgan fingerprint density at radius 1 is 1.31 bits per heavy atom. The Kier molecular flexibility index (Phi) is 4.06. The Balaban J connectivity index is 1.67. The van der Waals surface area contributed by atoms with Crippen LogP contribution in [0.2, 0.25) is 0 Å². The van der Waals surface area contributed by atoms with E-state index in [1.54, 1.807) is 12.1 Å². The van der Waals surface area contributed by atoms with Gasteiger partial charge in [-0.05, 0) is 44.0 Å². The molecule has 0 bridgehead atoms. The lowest BCUT2D eigenvalue weighted by Crippen LogP contribution is -2.31. The Hall–Kier alpha value is -2.96. The summed E-state index contributed by atoms with van der Waals surface area (Å²) in [5.41, 5.74) is 2.06. The molecule has 4 rings (SSSR count). The predicted molar refractivity (Wildman–Crippen MR) is 97.6 cm³/mol. The van der Waals surface area contributed by atoms with Crippen molar-refractivity contribution >= 4 is 22.6 Å². The standard InChI is InChI=1S/C19H20FN5O/c1-11-22-15(10-18(21-2)23-11)17-4-3-7-25(17)19(26)16-9-12-8-13(20)5-6-14(12)24-16/h5-6,8-10,17,24H,3-4,7H2,1-2H3,(H,21,22,23)/t17-/m1/s1. The SMILES string of the molecule is CNc1cc([C@H]2CCCN2C(=O)c2cc3cc(F)ccc3[nH]2)nc(C)n1. The molecule has 2 aromatic heterocycles.